The van der Waals surface area contributed by atoms with E-state index in [-0.39, 0.29) is 62.0 Å². The summed E-state index contributed by atoms with van der Waals surface area (Å²) in [4.78, 5) is 58.9. The molecule has 3 unspecified atom stereocenters. The van der Waals surface area contributed by atoms with Gasteiger partial charge in [-0.05, 0) is 166 Å². The average Bonchev–Trinajstić information content (AvgIpc) is 0.809. The molecule has 0 aromatic rings. The molecule has 0 amide bonds. The van der Waals surface area contributed by atoms with Crippen molar-refractivity contribution in [3.8, 4) is 0 Å². The monoisotopic (exact) mass is 1600 g/mol. The van der Waals surface area contributed by atoms with Crippen LogP contribution in [0.15, 0.2) is 0 Å². The molecule has 0 heterocycles. The molecule has 0 aromatic heterocycles. The summed E-state index contributed by atoms with van der Waals surface area (Å²) in [7, 11) is -9.11. The molecule has 0 aliphatic carbocycles. The highest BCUT2D eigenvalue weighted by Gasteiger charge is 2.46. The number of rotatable bonds is 34. The van der Waals surface area contributed by atoms with Crippen LogP contribution in [0.3, 0.4) is 0 Å². The predicted octanol–water partition coefficient (Wildman–Crippen LogP) is 29.3. The average molecular weight is 1600 g/mol. The number of hydrogen-bond acceptors (Lipinski definition) is 10. The van der Waals surface area contributed by atoms with Gasteiger partial charge in [0.1, 0.15) is 8.07 Å². The molecule has 3 atom stereocenters. The van der Waals surface area contributed by atoms with Crippen LogP contribution in [0.2, 0.25) is 182 Å². The van der Waals surface area contributed by atoms with Crippen molar-refractivity contribution in [1.29, 1.82) is 0 Å². The van der Waals surface area contributed by atoms with Gasteiger partial charge in [0.05, 0.1) is 60.8 Å². The van der Waals surface area contributed by atoms with E-state index in [0.717, 1.165) is 61.9 Å². The van der Waals surface area contributed by atoms with Gasteiger partial charge in [-0.25, -0.2) is 0 Å². The first-order chi connectivity index (χ1) is 45.4. The first kappa shape index (κ1) is 118. The van der Waals surface area contributed by atoms with E-state index < -0.39 is 64.8 Å². The summed E-state index contributed by atoms with van der Waals surface area (Å²) < 4.78 is 27.4. The standard InChI is InChI=1S/C16H34O2Si.2C12H26O2Si.C11H24O2Si.C10H22O2Si.C9H22Si.C8H20Si.C7H18Si/c1-10-16(8,9)15(17)18-11-19(12(2)3,13(4)5)14(6)7;1-9-12(5,6)10(13)14-15(7,8)11(2,3)4;1-7-12(2,3)11(13)14-9-8-10-15(4,5)6;1-7-11(2,3)10(12)13-8-9-14(4,5)6;1-7-10(2,3)9(11)12-8-13(4,5)6;1-6-9(2)7-8-10(3,4)5;1-6-8(2)7-9(3,4)5;1-6-7(2)8(3,4)5/h12-14H,10-11H2,1-9H3;9H2,1-8H3;7-10H2,1-6H3;7-9H2,1-6H3;7-8H2,1-6H3;9H,6-8H2,1-5H3;8H,6-7H2,1-5H3;7H,6H2,1-5H3. The van der Waals surface area contributed by atoms with Crippen LogP contribution < -0.4 is 0 Å². The van der Waals surface area contributed by atoms with Crippen LogP contribution in [0.4, 0.5) is 0 Å². The van der Waals surface area contributed by atoms with Crippen molar-refractivity contribution in [2.75, 3.05) is 25.7 Å². The zero-order valence-electron chi connectivity index (χ0n) is 79.8. The molecule has 10 nitrogen and oxygen atoms in total. The van der Waals surface area contributed by atoms with Crippen LogP contribution in [-0.2, 0) is 47.3 Å². The molecule has 0 rings (SSSR count). The first-order valence-electron chi connectivity index (χ1n) is 41.3. The molecule has 0 bridgehead atoms. The smallest absolute Gasteiger partial charge is 0.311 e. The molecule has 0 spiro atoms. The van der Waals surface area contributed by atoms with Crippen molar-refractivity contribution in [2.45, 2.75) is 454 Å². The van der Waals surface area contributed by atoms with Crippen molar-refractivity contribution in [3.05, 3.63) is 0 Å². The molecular weight excluding hydrogens is 1410 g/mol. The normalized spacial score (nSPS) is 13.8. The highest BCUT2D eigenvalue weighted by atomic mass is 28.4. The van der Waals surface area contributed by atoms with Gasteiger partial charge >= 0.3 is 23.9 Å². The van der Waals surface area contributed by atoms with Crippen molar-refractivity contribution in [2.24, 2.45) is 38.9 Å². The Labute approximate surface area is 656 Å². The number of carbonyl (C=O) groups is 5. The molecule has 0 saturated carbocycles. The largest absolute Gasteiger partial charge is 0.519 e. The second kappa shape index (κ2) is 52.3. The summed E-state index contributed by atoms with van der Waals surface area (Å²) in [6, 6.07) is 5.27. The molecule has 18 heteroatoms. The maximum Gasteiger partial charge on any atom is 0.311 e. The molecule has 103 heavy (non-hydrogen) atoms. The van der Waals surface area contributed by atoms with Crippen molar-refractivity contribution < 1.29 is 47.3 Å². The van der Waals surface area contributed by atoms with E-state index in [1.807, 2.05) is 104 Å². The van der Waals surface area contributed by atoms with Crippen LogP contribution in [0, 0.1) is 38.9 Å². The maximum atomic E-state index is 12.2. The van der Waals surface area contributed by atoms with E-state index in [2.05, 4.69) is 235 Å². The number of hydrogen-bond donors (Lipinski definition) is 0. The Morgan fingerprint density at radius 1 is 0.320 bits per heavy atom. The third-order valence-electron chi connectivity index (χ3n) is 21.9. The summed E-state index contributed by atoms with van der Waals surface area (Å²) in [6.07, 6.45) is 12.0. The lowest BCUT2D eigenvalue weighted by Crippen LogP contribution is -2.50. The molecule has 0 aliphatic heterocycles. The fourth-order valence-electron chi connectivity index (χ4n) is 8.90. The number of carbonyl (C=O) groups excluding carboxylic acids is 5. The van der Waals surface area contributed by atoms with Gasteiger partial charge in [0.2, 0.25) is 0 Å². The Kier molecular flexibility index (Phi) is 59.9. The maximum absolute atomic E-state index is 12.2. The van der Waals surface area contributed by atoms with Crippen LogP contribution in [0.1, 0.15) is 272 Å². The fraction of sp³-hybridized carbons (Fsp3) is 0.941. The highest BCUT2D eigenvalue weighted by Crippen LogP contribution is 2.42. The SMILES string of the molecule is CCC(C)(C)C(=O)OCCC[Si](C)(C)C.CCC(C)(C)C(=O)OCC[Si](C)(C)C.CCC(C)(C)C(=O)OC[Si](C(C)C)(C(C)C)C(C)C.CCC(C)(C)C(=O)OC[Si](C)(C)C.CCC(C)(C)C(=O)O[Si](C)(C)C(C)(C)C.CCC(C)CC[Si](C)(C)C.CCC(C)C[Si](C)(C)C.CCC(C)[Si](C)(C)C. The van der Waals surface area contributed by atoms with Gasteiger partial charge < -0.3 is 23.4 Å². The van der Waals surface area contributed by atoms with Gasteiger partial charge in [-0.1, -0.05) is 300 Å². The van der Waals surface area contributed by atoms with Crippen molar-refractivity contribution in [1.82, 2.24) is 0 Å². The fourth-order valence-corrected chi connectivity index (χ4v) is 22.8. The van der Waals surface area contributed by atoms with Gasteiger partial charge in [-0.15, -0.1) is 0 Å². The lowest BCUT2D eigenvalue weighted by Gasteiger charge is -2.42. The van der Waals surface area contributed by atoms with E-state index in [0.29, 0.717) is 42.3 Å². The topological polar surface area (TPSA) is 132 Å². The Morgan fingerprint density at radius 3 is 0.835 bits per heavy atom. The van der Waals surface area contributed by atoms with E-state index in [9.17, 15) is 24.0 Å². The van der Waals surface area contributed by atoms with Crippen molar-refractivity contribution in [3.63, 3.8) is 0 Å². The molecule has 624 valence electrons. The van der Waals surface area contributed by atoms with Crippen molar-refractivity contribution >= 4 is 94.7 Å². The Morgan fingerprint density at radius 2 is 0.612 bits per heavy atom. The summed E-state index contributed by atoms with van der Waals surface area (Å²) in [5.74, 6) is 1.66. The van der Waals surface area contributed by atoms with Gasteiger partial charge in [0, 0.05) is 40.4 Å². The Hall–Kier alpha value is -0.915. The third kappa shape index (κ3) is 62.4. The molecule has 0 saturated heterocycles. The minimum absolute atomic E-state index is 0.0335. The first-order valence-corrected chi connectivity index (χ1v) is 68.8. The summed E-state index contributed by atoms with van der Waals surface area (Å²) >= 11 is 0. The van der Waals surface area contributed by atoms with E-state index in [1.54, 1.807) is 0 Å². The second-order valence-electron chi connectivity index (χ2n) is 43.4. The molecule has 0 N–H and O–H groups in total. The lowest BCUT2D eigenvalue weighted by atomic mass is 9.91. The van der Waals surface area contributed by atoms with Crippen LogP contribution in [-0.4, -0.2) is 120 Å². The number of esters is 4. The van der Waals surface area contributed by atoms with E-state index in [1.165, 1.54) is 43.8 Å². The summed E-state index contributed by atoms with van der Waals surface area (Å²) in [6.45, 7) is 112. The summed E-state index contributed by atoms with van der Waals surface area (Å²) in [5.41, 5.74) is 1.21. The minimum atomic E-state index is -1.94. The zero-order valence-corrected chi connectivity index (χ0v) is 87.8. The van der Waals surface area contributed by atoms with Gasteiger partial charge in [0.15, 0.2) is 0 Å². The Balaban J connectivity index is -0.000000169. The molecule has 0 aromatic carbocycles. The van der Waals surface area contributed by atoms with Crippen LogP contribution in [0.5, 0.6) is 0 Å². The van der Waals surface area contributed by atoms with Crippen LogP contribution >= 0.6 is 0 Å². The Bertz CT molecular complexity index is 2200. The van der Waals surface area contributed by atoms with Crippen LogP contribution in [0.25, 0.3) is 0 Å². The molecule has 0 radical (unpaired) electrons. The quantitative estimate of drug-likeness (QED) is 0.0265. The highest BCUT2D eigenvalue weighted by molar-refractivity contribution is 6.83. The third-order valence-corrected chi connectivity index (χ3v) is 44.9. The molecule has 0 fully saturated rings. The van der Waals surface area contributed by atoms with Gasteiger partial charge in [-0.3, -0.25) is 24.0 Å². The van der Waals surface area contributed by atoms with E-state index in [4.69, 9.17) is 23.4 Å². The zero-order chi connectivity index (χ0) is 84.6. The molecular formula is C85H192O10Si8. The molecule has 0 aliphatic rings. The lowest BCUT2D eigenvalue weighted by molar-refractivity contribution is -0.154. The van der Waals surface area contributed by atoms with Gasteiger partial charge in [0.25, 0.3) is 14.3 Å². The second-order valence-corrected chi connectivity index (χ2v) is 87.7. The van der Waals surface area contributed by atoms with E-state index >= 15 is 0 Å². The number of ether oxygens (including phenoxy) is 4. The van der Waals surface area contributed by atoms with Gasteiger partial charge in [-0.2, -0.15) is 0 Å². The predicted molar refractivity (Wildman–Crippen MR) is 486 cm³/mol. The minimum Gasteiger partial charge on any atom is -0.519 e. The summed E-state index contributed by atoms with van der Waals surface area (Å²) in [5, 5.41) is 0.0898.